The molecule has 0 radical (unpaired) electrons. The van der Waals surface area contributed by atoms with Gasteiger partial charge in [0.05, 0.1) is 11.6 Å². The van der Waals surface area contributed by atoms with Crippen molar-refractivity contribution in [1.29, 1.82) is 0 Å². The summed E-state index contributed by atoms with van der Waals surface area (Å²) in [5, 5.41) is 9.95. The van der Waals surface area contributed by atoms with Gasteiger partial charge in [0, 0.05) is 36.2 Å². The molecular formula is C15H17N5O2S. The molecule has 2 amide bonds. The van der Waals surface area contributed by atoms with Crippen molar-refractivity contribution in [2.75, 3.05) is 16.9 Å². The average Bonchev–Trinajstić information content (AvgIpc) is 3.16. The van der Waals surface area contributed by atoms with E-state index >= 15 is 0 Å². The van der Waals surface area contributed by atoms with Gasteiger partial charge in [-0.2, -0.15) is 5.10 Å². The standard InChI is InChI=1S/C15H17N5O2S/c1-9-13(11-3-5-16-6-4-11)18-19-14(9)17-15(22)12-7-23-8-20(12)10(2)21/h3-6,12H,7-8H2,1-2H3,(H2,17,18,19,22). The van der Waals surface area contributed by atoms with Crippen molar-refractivity contribution in [1.82, 2.24) is 20.1 Å². The van der Waals surface area contributed by atoms with E-state index in [-0.39, 0.29) is 11.8 Å². The maximum atomic E-state index is 12.4. The Morgan fingerprint density at radius 1 is 1.39 bits per heavy atom. The fourth-order valence-electron chi connectivity index (χ4n) is 2.49. The number of carbonyl (C=O) groups excluding carboxylic acids is 2. The molecule has 8 heteroatoms. The Bertz CT molecular complexity index is 731. The van der Waals surface area contributed by atoms with Gasteiger partial charge in [-0.1, -0.05) is 0 Å². The number of amides is 2. The van der Waals surface area contributed by atoms with Crippen LogP contribution in [0.4, 0.5) is 5.82 Å². The van der Waals surface area contributed by atoms with Crippen LogP contribution in [0.2, 0.25) is 0 Å². The molecule has 1 atom stereocenters. The lowest BCUT2D eigenvalue weighted by Gasteiger charge is -2.20. The molecule has 1 aliphatic heterocycles. The van der Waals surface area contributed by atoms with Crippen molar-refractivity contribution in [2.45, 2.75) is 19.9 Å². The molecule has 0 spiro atoms. The van der Waals surface area contributed by atoms with Crippen LogP contribution >= 0.6 is 11.8 Å². The van der Waals surface area contributed by atoms with Crippen molar-refractivity contribution in [3.05, 3.63) is 30.1 Å². The monoisotopic (exact) mass is 331 g/mol. The normalized spacial score (nSPS) is 17.3. The number of H-pyrrole nitrogens is 1. The van der Waals surface area contributed by atoms with Gasteiger partial charge in [0.1, 0.15) is 6.04 Å². The minimum absolute atomic E-state index is 0.0913. The third-order valence-electron chi connectivity index (χ3n) is 3.81. The Labute approximate surface area is 137 Å². The van der Waals surface area contributed by atoms with Gasteiger partial charge in [-0.3, -0.25) is 19.7 Å². The quantitative estimate of drug-likeness (QED) is 0.892. The van der Waals surface area contributed by atoms with Gasteiger partial charge in [0.25, 0.3) is 0 Å². The average molecular weight is 331 g/mol. The molecule has 0 saturated carbocycles. The summed E-state index contributed by atoms with van der Waals surface area (Å²) in [7, 11) is 0. The number of aromatic nitrogens is 3. The first kappa shape index (κ1) is 15.5. The van der Waals surface area contributed by atoms with Gasteiger partial charge >= 0.3 is 0 Å². The van der Waals surface area contributed by atoms with Crippen LogP contribution in [0.15, 0.2) is 24.5 Å². The van der Waals surface area contributed by atoms with Crippen molar-refractivity contribution in [2.24, 2.45) is 0 Å². The number of thioether (sulfide) groups is 1. The zero-order valence-electron chi connectivity index (χ0n) is 12.9. The van der Waals surface area contributed by atoms with Crippen molar-refractivity contribution in [3.8, 4) is 11.3 Å². The van der Waals surface area contributed by atoms with E-state index in [1.807, 2.05) is 19.1 Å². The van der Waals surface area contributed by atoms with Crippen LogP contribution < -0.4 is 5.32 Å². The lowest BCUT2D eigenvalue weighted by molar-refractivity contribution is -0.134. The summed E-state index contributed by atoms with van der Waals surface area (Å²) in [5.74, 6) is 1.34. The Kier molecular flexibility index (Phi) is 4.33. The molecule has 2 aromatic heterocycles. The Morgan fingerprint density at radius 3 is 2.83 bits per heavy atom. The molecule has 3 heterocycles. The molecule has 0 bridgehead atoms. The molecule has 1 aliphatic rings. The zero-order valence-corrected chi connectivity index (χ0v) is 13.7. The highest BCUT2D eigenvalue weighted by molar-refractivity contribution is 7.99. The Morgan fingerprint density at radius 2 is 2.13 bits per heavy atom. The van der Waals surface area contributed by atoms with E-state index < -0.39 is 6.04 Å². The molecule has 1 unspecified atom stereocenters. The van der Waals surface area contributed by atoms with Gasteiger partial charge < -0.3 is 10.2 Å². The molecule has 120 valence electrons. The maximum absolute atomic E-state index is 12.4. The van der Waals surface area contributed by atoms with E-state index in [0.29, 0.717) is 17.4 Å². The molecule has 0 aliphatic carbocycles. The fourth-order valence-corrected chi connectivity index (χ4v) is 3.71. The number of rotatable bonds is 3. The molecule has 1 saturated heterocycles. The number of carbonyl (C=O) groups is 2. The Balaban J connectivity index is 1.78. The van der Waals surface area contributed by atoms with Gasteiger partial charge in [-0.05, 0) is 19.1 Å². The molecule has 7 nitrogen and oxygen atoms in total. The maximum Gasteiger partial charge on any atom is 0.249 e. The van der Waals surface area contributed by atoms with Crippen molar-refractivity contribution in [3.63, 3.8) is 0 Å². The van der Waals surface area contributed by atoms with E-state index in [4.69, 9.17) is 0 Å². The third kappa shape index (κ3) is 3.07. The van der Waals surface area contributed by atoms with E-state index in [2.05, 4.69) is 20.5 Å². The van der Waals surface area contributed by atoms with Gasteiger partial charge in [-0.15, -0.1) is 11.8 Å². The summed E-state index contributed by atoms with van der Waals surface area (Å²) in [6, 6.07) is 3.30. The molecule has 2 aromatic rings. The SMILES string of the molecule is CC(=O)N1CSCC1C(=O)Nc1n[nH]c(-c2ccncc2)c1C. The zero-order chi connectivity index (χ0) is 16.4. The Hall–Kier alpha value is -2.35. The number of nitrogens with one attached hydrogen (secondary N) is 2. The second-order valence-corrected chi connectivity index (χ2v) is 6.30. The lowest BCUT2D eigenvalue weighted by Crippen LogP contribution is -2.43. The summed E-state index contributed by atoms with van der Waals surface area (Å²) >= 11 is 1.57. The highest BCUT2D eigenvalue weighted by Gasteiger charge is 2.33. The molecule has 2 N–H and O–H groups in total. The summed E-state index contributed by atoms with van der Waals surface area (Å²) in [6.07, 6.45) is 3.41. The van der Waals surface area contributed by atoms with Crippen LogP contribution in [0.25, 0.3) is 11.3 Å². The molecule has 0 aromatic carbocycles. The van der Waals surface area contributed by atoms with E-state index in [1.54, 1.807) is 29.1 Å². The number of hydrogen-bond donors (Lipinski definition) is 2. The summed E-state index contributed by atoms with van der Waals surface area (Å²) in [6.45, 7) is 3.37. The fraction of sp³-hybridized carbons (Fsp3) is 0.333. The van der Waals surface area contributed by atoms with E-state index in [1.165, 1.54) is 6.92 Å². The summed E-state index contributed by atoms with van der Waals surface area (Å²) in [5.41, 5.74) is 2.64. The number of nitrogens with zero attached hydrogens (tertiary/aromatic N) is 3. The second-order valence-electron chi connectivity index (χ2n) is 5.30. The number of anilines is 1. The number of aromatic amines is 1. The predicted octanol–water partition coefficient (Wildman–Crippen LogP) is 1.64. The van der Waals surface area contributed by atoms with Gasteiger partial charge in [-0.25, -0.2) is 0 Å². The van der Waals surface area contributed by atoms with Crippen molar-refractivity contribution < 1.29 is 9.59 Å². The van der Waals surface area contributed by atoms with E-state index in [0.717, 1.165) is 16.8 Å². The van der Waals surface area contributed by atoms with Crippen LogP contribution in [-0.4, -0.2) is 49.6 Å². The first-order valence-electron chi connectivity index (χ1n) is 7.19. The topological polar surface area (TPSA) is 91.0 Å². The molecule has 1 fully saturated rings. The van der Waals surface area contributed by atoms with Crippen LogP contribution in [0, 0.1) is 6.92 Å². The third-order valence-corrected chi connectivity index (χ3v) is 4.82. The minimum Gasteiger partial charge on any atom is -0.321 e. The molecule has 3 rings (SSSR count). The first-order valence-corrected chi connectivity index (χ1v) is 8.34. The smallest absolute Gasteiger partial charge is 0.249 e. The lowest BCUT2D eigenvalue weighted by atomic mass is 10.1. The van der Waals surface area contributed by atoms with Crippen LogP contribution in [0.5, 0.6) is 0 Å². The predicted molar refractivity (Wildman–Crippen MR) is 88.8 cm³/mol. The summed E-state index contributed by atoms with van der Waals surface area (Å²) in [4.78, 5) is 29.6. The highest BCUT2D eigenvalue weighted by atomic mass is 32.2. The number of hydrogen-bond acceptors (Lipinski definition) is 5. The molecular weight excluding hydrogens is 314 g/mol. The van der Waals surface area contributed by atoms with Gasteiger partial charge in [0.15, 0.2) is 5.82 Å². The minimum atomic E-state index is -0.446. The van der Waals surface area contributed by atoms with Crippen molar-refractivity contribution >= 4 is 29.4 Å². The first-order chi connectivity index (χ1) is 11.1. The second kappa shape index (κ2) is 6.41. The van der Waals surface area contributed by atoms with Crippen LogP contribution in [-0.2, 0) is 9.59 Å². The molecule has 23 heavy (non-hydrogen) atoms. The van der Waals surface area contributed by atoms with Crippen LogP contribution in [0.1, 0.15) is 12.5 Å². The van der Waals surface area contributed by atoms with Gasteiger partial charge in [0.2, 0.25) is 11.8 Å². The highest BCUT2D eigenvalue weighted by Crippen LogP contribution is 2.27. The summed E-state index contributed by atoms with van der Waals surface area (Å²) < 4.78 is 0. The van der Waals surface area contributed by atoms with E-state index in [9.17, 15) is 9.59 Å². The number of pyridine rings is 1. The largest absolute Gasteiger partial charge is 0.321 e. The van der Waals surface area contributed by atoms with Crippen LogP contribution in [0.3, 0.4) is 0 Å².